The van der Waals surface area contributed by atoms with E-state index in [1.54, 1.807) is 12.1 Å². The highest BCUT2D eigenvalue weighted by molar-refractivity contribution is 5.32. The molecule has 1 aliphatic rings. The molecule has 1 fully saturated rings. The van der Waals surface area contributed by atoms with Crippen molar-refractivity contribution >= 4 is 0 Å². The Hall–Kier alpha value is -1.37. The largest absolute Gasteiger partial charge is 0.348 e. The Morgan fingerprint density at radius 2 is 2.11 bits per heavy atom. The number of hydrogen-bond acceptors (Lipinski definition) is 3. The molecule has 3 nitrogen and oxygen atoms in total. The van der Waals surface area contributed by atoms with Gasteiger partial charge in [-0.1, -0.05) is 31.9 Å². The van der Waals surface area contributed by atoms with Gasteiger partial charge in [-0.15, -0.1) is 0 Å². The van der Waals surface area contributed by atoms with E-state index < -0.39 is 0 Å². The molecule has 18 heavy (non-hydrogen) atoms. The van der Waals surface area contributed by atoms with Gasteiger partial charge >= 0.3 is 0 Å². The molecule has 3 heteroatoms. The fraction of sp³-hybridized carbons (Fsp3) is 0.533. The fourth-order valence-corrected chi connectivity index (χ4v) is 2.12. The van der Waals surface area contributed by atoms with Gasteiger partial charge in [-0.25, -0.2) is 0 Å². The first kappa shape index (κ1) is 13.1. The molecule has 0 spiro atoms. The molecule has 0 aromatic heterocycles. The molecule has 1 aromatic rings. The molecule has 1 aromatic carbocycles. The molecule has 2 atom stereocenters. The van der Waals surface area contributed by atoms with Crippen molar-refractivity contribution in [2.24, 2.45) is 0 Å². The van der Waals surface area contributed by atoms with Crippen LogP contribution in [0.15, 0.2) is 24.3 Å². The molecule has 0 bridgehead atoms. The lowest BCUT2D eigenvalue weighted by atomic mass is 10.1. The van der Waals surface area contributed by atoms with E-state index in [-0.39, 0.29) is 6.29 Å². The van der Waals surface area contributed by atoms with Gasteiger partial charge in [-0.3, -0.25) is 0 Å². The maximum Gasteiger partial charge on any atom is 0.184 e. The monoisotopic (exact) mass is 245 g/mol. The van der Waals surface area contributed by atoms with E-state index in [2.05, 4.69) is 13.0 Å². The van der Waals surface area contributed by atoms with Crippen molar-refractivity contribution in [3.8, 4) is 6.07 Å². The van der Waals surface area contributed by atoms with Crippen molar-refractivity contribution in [2.45, 2.75) is 45.0 Å². The second-order valence-electron chi connectivity index (χ2n) is 4.63. The predicted molar refractivity (Wildman–Crippen MR) is 68.9 cm³/mol. The normalized spacial score (nSPS) is 23.6. The summed E-state index contributed by atoms with van der Waals surface area (Å²) >= 11 is 0. The molecule has 2 rings (SSSR count). The van der Waals surface area contributed by atoms with E-state index in [0.717, 1.165) is 25.0 Å². The van der Waals surface area contributed by atoms with Crippen molar-refractivity contribution in [3.05, 3.63) is 35.4 Å². The molecular weight excluding hydrogens is 226 g/mol. The third-order valence-corrected chi connectivity index (χ3v) is 3.22. The third-order valence-electron chi connectivity index (χ3n) is 3.22. The Labute approximate surface area is 108 Å². The van der Waals surface area contributed by atoms with Crippen molar-refractivity contribution < 1.29 is 9.47 Å². The molecule has 0 saturated carbocycles. The second-order valence-corrected chi connectivity index (χ2v) is 4.63. The maximum absolute atomic E-state index is 8.77. The number of unbranched alkanes of at least 4 members (excludes halogenated alkanes) is 1. The van der Waals surface area contributed by atoms with Crippen LogP contribution in [0.3, 0.4) is 0 Å². The summed E-state index contributed by atoms with van der Waals surface area (Å²) in [7, 11) is 0. The first-order valence-corrected chi connectivity index (χ1v) is 6.60. The zero-order valence-electron chi connectivity index (χ0n) is 10.8. The molecule has 1 saturated heterocycles. The van der Waals surface area contributed by atoms with Crippen LogP contribution in [-0.4, -0.2) is 12.7 Å². The van der Waals surface area contributed by atoms with Crippen LogP contribution in [0.4, 0.5) is 0 Å². The molecule has 1 heterocycles. The summed E-state index contributed by atoms with van der Waals surface area (Å²) in [6, 6.07) is 9.54. The van der Waals surface area contributed by atoms with Crippen LogP contribution in [0.1, 0.15) is 50.0 Å². The van der Waals surface area contributed by atoms with E-state index in [4.69, 9.17) is 14.7 Å². The molecule has 0 amide bonds. The SMILES string of the molecule is CCCCC1CCOC(c2ccc(C#N)cc2)O1. The smallest absolute Gasteiger partial charge is 0.184 e. The number of rotatable bonds is 4. The number of benzene rings is 1. The molecular formula is C15H19NO2. The minimum absolute atomic E-state index is 0.270. The highest BCUT2D eigenvalue weighted by Gasteiger charge is 2.23. The van der Waals surface area contributed by atoms with Gasteiger partial charge in [0, 0.05) is 5.56 Å². The Bertz CT molecular complexity index is 407. The number of nitrogens with zero attached hydrogens (tertiary/aromatic N) is 1. The highest BCUT2D eigenvalue weighted by atomic mass is 16.7. The predicted octanol–water partition coefficient (Wildman–Crippen LogP) is 3.55. The average molecular weight is 245 g/mol. The summed E-state index contributed by atoms with van der Waals surface area (Å²) in [6.45, 7) is 2.94. The van der Waals surface area contributed by atoms with Crippen molar-refractivity contribution in [1.29, 1.82) is 5.26 Å². The van der Waals surface area contributed by atoms with Crippen LogP contribution in [0.2, 0.25) is 0 Å². The van der Waals surface area contributed by atoms with Gasteiger partial charge in [0.25, 0.3) is 0 Å². The van der Waals surface area contributed by atoms with Gasteiger partial charge in [0.15, 0.2) is 6.29 Å². The zero-order valence-corrected chi connectivity index (χ0v) is 10.8. The Morgan fingerprint density at radius 3 is 2.78 bits per heavy atom. The quantitative estimate of drug-likeness (QED) is 0.814. The van der Waals surface area contributed by atoms with Crippen LogP contribution in [0.25, 0.3) is 0 Å². The van der Waals surface area contributed by atoms with Crippen molar-refractivity contribution in [3.63, 3.8) is 0 Å². The van der Waals surface area contributed by atoms with E-state index in [1.165, 1.54) is 12.8 Å². The van der Waals surface area contributed by atoms with Gasteiger partial charge in [0.1, 0.15) is 0 Å². The topological polar surface area (TPSA) is 42.2 Å². The van der Waals surface area contributed by atoms with Gasteiger partial charge in [0.2, 0.25) is 0 Å². The summed E-state index contributed by atoms with van der Waals surface area (Å²) in [5.41, 5.74) is 1.66. The van der Waals surface area contributed by atoms with E-state index in [1.807, 2.05) is 12.1 Å². The molecule has 0 N–H and O–H groups in total. The van der Waals surface area contributed by atoms with Crippen LogP contribution >= 0.6 is 0 Å². The van der Waals surface area contributed by atoms with Gasteiger partial charge in [-0.05, 0) is 25.0 Å². The van der Waals surface area contributed by atoms with E-state index >= 15 is 0 Å². The third kappa shape index (κ3) is 3.32. The van der Waals surface area contributed by atoms with E-state index in [0.29, 0.717) is 11.7 Å². The van der Waals surface area contributed by atoms with Gasteiger partial charge in [0.05, 0.1) is 24.3 Å². The zero-order chi connectivity index (χ0) is 12.8. The minimum Gasteiger partial charge on any atom is -0.348 e. The Balaban J connectivity index is 1.97. The average Bonchev–Trinajstić information content (AvgIpc) is 2.45. The van der Waals surface area contributed by atoms with Crippen LogP contribution in [0, 0.1) is 11.3 Å². The fourth-order valence-electron chi connectivity index (χ4n) is 2.12. The second kappa shape index (κ2) is 6.53. The summed E-state index contributed by atoms with van der Waals surface area (Å²) in [4.78, 5) is 0. The van der Waals surface area contributed by atoms with E-state index in [9.17, 15) is 0 Å². The molecule has 96 valence electrons. The van der Waals surface area contributed by atoms with Crippen molar-refractivity contribution in [1.82, 2.24) is 0 Å². The lowest BCUT2D eigenvalue weighted by Crippen LogP contribution is -2.26. The standard InChI is InChI=1S/C15H19NO2/c1-2-3-4-14-9-10-17-15(18-14)13-7-5-12(11-16)6-8-13/h5-8,14-15H,2-4,9-10H2,1H3. The summed E-state index contributed by atoms with van der Waals surface area (Å²) in [6.07, 6.45) is 4.51. The maximum atomic E-state index is 8.77. The Morgan fingerprint density at radius 1 is 1.33 bits per heavy atom. The molecule has 0 radical (unpaired) electrons. The lowest BCUT2D eigenvalue weighted by molar-refractivity contribution is -0.218. The summed E-state index contributed by atoms with van der Waals surface area (Å²) in [5, 5.41) is 8.77. The van der Waals surface area contributed by atoms with Gasteiger partial charge < -0.3 is 9.47 Å². The van der Waals surface area contributed by atoms with Crippen LogP contribution in [0.5, 0.6) is 0 Å². The first-order valence-electron chi connectivity index (χ1n) is 6.60. The Kier molecular flexibility index (Phi) is 4.74. The lowest BCUT2D eigenvalue weighted by Gasteiger charge is -2.30. The van der Waals surface area contributed by atoms with Crippen LogP contribution in [-0.2, 0) is 9.47 Å². The highest BCUT2D eigenvalue weighted by Crippen LogP contribution is 2.28. The molecule has 1 aliphatic heterocycles. The van der Waals surface area contributed by atoms with Gasteiger partial charge in [-0.2, -0.15) is 5.26 Å². The summed E-state index contributed by atoms with van der Waals surface area (Å²) < 4.78 is 11.6. The number of hydrogen-bond donors (Lipinski definition) is 0. The number of nitriles is 1. The first-order chi connectivity index (χ1) is 8.83. The molecule has 0 aliphatic carbocycles. The minimum atomic E-state index is -0.270. The summed E-state index contributed by atoms with van der Waals surface area (Å²) in [5.74, 6) is 0. The molecule has 2 unspecified atom stereocenters. The van der Waals surface area contributed by atoms with Crippen molar-refractivity contribution in [2.75, 3.05) is 6.61 Å². The number of ether oxygens (including phenoxy) is 2. The van der Waals surface area contributed by atoms with Crippen LogP contribution < -0.4 is 0 Å².